The summed E-state index contributed by atoms with van der Waals surface area (Å²) in [5, 5.41) is 76.1. The van der Waals surface area contributed by atoms with Gasteiger partial charge in [-0.15, -0.1) is 0 Å². The van der Waals surface area contributed by atoms with Gasteiger partial charge in [0.15, 0.2) is 6.29 Å². The summed E-state index contributed by atoms with van der Waals surface area (Å²) in [6.45, 7) is 3.47. The highest BCUT2D eigenvalue weighted by molar-refractivity contribution is 5.80. The molecule has 0 radical (unpaired) electrons. The largest absolute Gasteiger partial charge is 0.394 e. The van der Waals surface area contributed by atoms with Crippen LogP contribution >= 0.6 is 0 Å². The van der Waals surface area contributed by atoms with Crippen LogP contribution in [0.15, 0.2) is 12.2 Å². The van der Waals surface area contributed by atoms with Crippen molar-refractivity contribution in [2.45, 2.75) is 345 Å². The van der Waals surface area contributed by atoms with Gasteiger partial charge in [-0.3, -0.25) is 4.79 Å². The Morgan fingerprint density at radius 2 is 0.843 bits per heavy atom. The number of aliphatic hydroxyl groups excluding tert-OH is 7. The molecule has 11 nitrogen and oxygen atoms in total. The van der Waals surface area contributed by atoms with Gasteiger partial charge in [-0.1, -0.05) is 264 Å². The van der Waals surface area contributed by atoms with Crippen molar-refractivity contribution in [1.82, 2.24) is 5.32 Å². The van der Waals surface area contributed by atoms with Crippen LogP contribution < -0.4 is 5.32 Å². The van der Waals surface area contributed by atoms with Gasteiger partial charge >= 0.3 is 0 Å². The number of nitrogens with one attached hydrogen (secondary N) is 1. The summed E-state index contributed by atoms with van der Waals surface area (Å²) in [6.07, 6.45) is 45.7. The topological polar surface area (TPSA) is 189 Å². The van der Waals surface area contributed by atoms with Crippen LogP contribution in [0.4, 0.5) is 0 Å². The molecular weight excluding hydrogens is 883 g/mol. The Morgan fingerprint density at radius 1 is 0.486 bits per heavy atom. The predicted molar refractivity (Wildman–Crippen MR) is 289 cm³/mol. The van der Waals surface area contributed by atoms with Crippen LogP contribution in [-0.2, 0) is 14.3 Å². The number of rotatable bonds is 52. The summed E-state index contributed by atoms with van der Waals surface area (Å²) in [4.78, 5) is 13.2. The normalized spacial score (nSPS) is 20.3. The molecule has 0 aliphatic carbocycles. The van der Waals surface area contributed by atoms with Crippen molar-refractivity contribution in [1.29, 1.82) is 0 Å². The lowest BCUT2D eigenvalue weighted by molar-refractivity contribution is -0.303. The molecule has 8 N–H and O–H groups in total. The Balaban J connectivity index is 2.24. The van der Waals surface area contributed by atoms with Crippen molar-refractivity contribution in [2.75, 3.05) is 13.2 Å². The fraction of sp³-hybridized carbons (Fsp3) is 0.949. The van der Waals surface area contributed by atoms with Crippen LogP contribution in [0.25, 0.3) is 0 Å². The molecular formula is C59H115NO10. The first-order valence-corrected chi connectivity index (χ1v) is 30.1. The van der Waals surface area contributed by atoms with Crippen LogP contribution in [0.1, 0.15) is 290 Å². The lowest BCUT2D eigenvalue weighted by atomic mass is 9.98. The van der Waals surface area contributed by atoms with Crippen molar-refractivity contribution in [3.05, 3.63) is 12.2 Å². The minimum Gasteiger partial charge on any atom is -0.394 e. The Bertz CT molecular complexity index is 1140. The minimum atomic E-state index is -1.66. The molecule has 0 bridgehead atoms. The lowest BCUT2D eigenvalue weighted by Crippen LogP contribution is -2.60. The quantitative estimate of drug-likeness (QED) is 0.0215. The zero-order valence-corrected chi connectivity index (χ0v) is 45.5. The summed E-state index contributed by atoms with van der Waals surface area (Å²) >= 11 is 0. The maximum absolute atomic E-state index is 13.2. The molecule has 70 heavy (non-hydrogen) atoms. The van der Waals surface area contributed by atoms with Gasteiger partial charge in [-0.05, 0) is 38.5 Å². The van der Waals surface area contributed by atoms with E-state index in [0.29, 0.717) is 12.8 Å². The van der Waals surface area contributed by atoms with Gasteiger partial charge in [-0.25, -0.2) is 0 Å². The SMILES string of the molecule is CCCCCCCCCCCC/C=C/CCCC(O)C(O)C(COC1OC(CO)C(O)C(O)C1O)NC(=O)C(O)CCCCCCCCCCCCCCCCCCCCCCCCCCCCCC. The maximum Gasteiger partial charge on any atom is 0.249 e. The third-order valence-corrected chi connectivity index (χ3v) is 14.8. The van der Waals surface area contributed by atoms with Crippen LogP contribution in [0.2, 0.25) is 0 Å². The second kappa shape index (κ2) is 48.8. The molecule has 0 aromatic heterocycles. The highest BCUT2D eigenvalue weighted by Gasteiger charge is 2.44. The molecule has 1 heterocycles. The van der Waals surface area contributed by atoms with Crippen LogP contribution in [0, 0.1) is 0 Å². The monoisotopic (exact) mass is 998 g/mol. The van der Waals surface area contributed by atoms with Gasteiger partial charge in [-0.2, -0.15) is 0 Å². The molecule has 1 amide bonds. The number of ether oxygens (including phenoxy) is 2. The third kappa shape index (κ3) is 36.7. The fourth-order valence-electron chi connectivity index (χ4n) is 9.92. The Morgan fingerprint density at radius 3 is 1.23 bits per heavy atom. The summed E-state index contributed by atoms with van der Waals surface area (Å²) in [7, 11) is 0. The molecule has 0 aromatic carbocycles. The summed E-state index contributed by atoms with van der Waals surface area (Å²) in [6, 6.07) is -1.18. The predicted octanol–water partition coefficient (Wildman–Crippen LogP) is 12.7. The van der Waals surface area contributed by atoms with E-state index < -0.39 is 74.2 Å². The van der Waals surface area contributed by atoms with E-state index in [1.165, 1.54) is 212 Å². The summed E-state index contributed by atoms with van der Waals surface area (Å²) in [5.74, 6) is -0.700. The first-order valence-electron chi connectivity index (χ1n) is 30.1. The van der Waals surface area contributed by atoms with E-state index in [1.54, 1.807) is 0 Å². The second-order valence-corrected chi connectivity index (χ2v) is 21.4. The molecule has 0 saturated carbocycles. The molecule has 1 rings (SSSR count). The van der Waals surface area contributed by atoms with E-state index in [1.807, 2.05) is 0 Å². The average Bonchev–Trinajstić information content (AvgIpc) is 3.36. The molecule has 11 heteroatoms. The minimum absolute atomic E-state index is 0.260. The Kier molecular flexibility index (Phi) is 46.6. The Hall–Kier alpha value is -1.15. The van der Waals surface area contributed by atoms with Gasteiger partial charge in [0.2, 0.25) is 5.91 Å². The van der Waals surface area contributed by atoms with Crippen molar-refractivity contribution >= 4 is 5.91 Å². The Labute approximate surface area is 430 Å². The number of carbonyl (C=O) groups excluding carboxylic acids is 1. The first-order chi connectivity index (χ1) is 34.2. The second-order valence-electron chi connectivity index (χ2n) is 21.4. The molecule has 9 unspecified atom stereocenters. The zero-order valence-electron chi connectivity index (χ0n) is 45.5. The van der Waals surface area contributed by atoms with E-state index in [0.717, 1.165) is 38.5 Å². The molecule has 1 aliphatic heterocycles. The van der Waals surface area contributed by atoms with Crippen molar-refractivity contribution in [2.24, 2.45) is 0 Å². The molecule has 0 spiro atoms. The zero-order chi connectivity index (χ0) is 51.1. The maximum atomic E-state index is 13.2. The van der Waals surface area contributed by atoms with E-state index in [9.17, 15) is 40.5 Å². The molecule has 0 aromatic rings. The van der Waals surface area contributed by atoms with Gasteiger partial charge in [0.1, 0.15) is 36.6 Å². The lowest BCUT2D eigenvalue weighted by Gasteiger charge is -2.40. The number of allylic oxidation sites excluding steroid dienone is 2. The number of unbranched alkanes of at least 4 members (excludes halogenated alkanes) is 38. The van der Waals surface area contributed by atoms with Crippen LogP contribution in [0.5, 0.6) is 0 Å². The van der Waals surface area contributed by atoms with Crippen molar-refractivity contribution in [3.63, 3.8) is 0 Å². The average molecular weight is 999 g/mol. The molecule has 1 aliphatic rings. The van der Waals surface area contributed by atoms with Gasteiger partial charge in [0.05, 0.1) is 25.4 Å². The number of carbonyl (C=O) groups is 1. The smallest absolute Gasteiger partial charge is 0.249 e. The highest BCUT2D eigenvalue weighted by atomic mass is 16.7. The molecule has 9 atom stereocenters. The number of amides is 1. The van der Waals surface area contributed by atoms with E-state index in [2.05, 4.69) is 31.3 Å². The fourth-order valence-corrected chi connectivity index (χ4v) is 9.92. The number of hydrogen-bond donors (Lipinski definition) is 8. The standard InChI is InChI=1S/C59H115NO10/c1-3-5-7-9-11-13-15-17-19-20-21-22-23-24-25-26-27-28-29-30-31-33-35-37-39-41-43-45-47-52(63)58(68)60-50(49-69-59-57(67)56(66)55(65)53(48-61)70-59)54(64)51(62)46-44-42-40-38-36-34-32-18-16-14-12-10-8-6-4-2/h38,40,50-57,59,61-67H,3-37,39,41-49H2,1-2H3,(H,60,68)/b40-38+. The van der Waals surface area contributed by atoms with Crippen LogP contribution in [0.3, 0.4) is 0 Å². The highest BCUT2D eigenvalue weighted by Crippen LogP contribution is 2.23. The summed E-state index contributed by atoms with van der Waals surface area (Å²) < 4.78 is 11.1. The van der Waals surface area contributed by atoms with E-state index in [-0.39, 0.29) is 12.8 Å². The first kappa shape index (κ1) is 66.9. The van der Waals surface area contributed by atoms with Crippen molar-refractivity contribution in [3.8, 4) is 0 Å². The molecule has 1 fully saturated rings. The van der Waals surface area contributed by atoms with E-state index >= 15 is 0 Å². The number of aliphatic hydroxyl groups is 7. The molecule has 1 saturated heterocycles. The van der Waals surface area contributed by atoms with Crippen molar-refractivity contribution < 1.29 is 50.0 Å². The van der Waals surface area contributed by atoms with Gasteiger partial charge in [0, 0.05) is 0 Å². The number of hydrogen-bond acceptors (Lipinski definition) is 10. The van der Waals surface area contributed by atoms with Gasteiger partial charge in [0.25, 0.3) is 0 Å². The molecule has 416 valence electrons. The van der Waals surface area contributed by atoms with E-state index in [4.69, 9.17) is 9.47 Å². The summed E-state index contributed by atoms with van der Waals surface area (Å²) in [5.41, 5.74) is 0. The van der Waals surface area contributed by atoms with Gasteiger partial charge < -0.3 is 50.5 Å². The van der Waals surface area contributed by atoms with Crippen LogP contribution in [-0.4, -0.2) is 110 Å². The third-order valence-electron chi connectivity index (χ3n) is 14.8.